The van der Waals surface area contributed by atoms with Gasteiger partial charge in [0.15, 0.2) is 0 Å². The van der Waals surface area contributed by atoms with Gasteiger partial charge in [0.25, 0.3) is 0 Å². The molecule has 1 saturated heterocycles. The molecule has 0 bridgehead atoms. The number of nitrogen functional groups attached to an aromatic ring is 1. The standard InChI is InChI=1S/C15H26N6/c1-10-13(19-16)17-14(11-4-5-11)18-15(10)21(3)12-6-8-20(2)9-7-12/h11-12H,4-9,16H2,1-3H3,(H,17,18,19). The van der Waals surface area contributed by atoms with Crippen molar-refractivity contribution in [3.63, 3.8) is 0 Å². The number of piperidine rings is 1. The van der Waals surface area contributed by atoms with E-state index in [1.807, 2.05) is 6.92 Å². The Morgan fingerprint density at radius 1 is 1.19 bits per heavy atom. The van der Waals surface area contributed by atoms with Gasteiger partial charge in [-0.15, -0.1) is 0 Å². The lowest BCUT2D eigenvalue weighted by Crippen LogP contribution is -2.42. The number of likely N-dealkylation sites (tertiary alicyclic amines) is 1. The Hall–Kier alpha value is -1.40. The normalized spacial score (nSPS) is 20.6. The Bertz CT molecular complexity index is 505. The summed E-state index contributed by atoms with van der Waals surface area (Å²) in [6.45, 7) is 4.35. The van der Waals surface area contributed by atoms with E-state index in [0.29, 0.717) is 12.0 Å². The quantitative estimate of drug-likeness (QED) is 0.646. The number of aromatic nitrogens is 2. The topological polar surface area (TPSA) is 70.3 Å². The van der Waals surface area contributed by atoms with Gasteiger partial charge in [0.05, 0.1) is 0 Å². The first-order chi connectivity index (χ1) is 10.1. The van der Waals surface area contributed by atoms with E-state index in [9.17, 15) is 0 Å². The van der Waals surface area contributed by atoms with Crippen molar-refractivity contribution in [1.82, 2.24) is 14.9 Å². The van der Waals surface area contributed by atoms with Crippen molar-refractivity contribution in [3.05, 3.63) is 11.4 Å². The predicted molar refractivity (Wildman–Crippen MR) is 85.5 cm³/mol. The van der Waals surface area contributed by atoms with Crippen LogP contribution in [-0.2, 0) is 0 Å². The SMILES string of the molecule is Cc1c(NN)nc(C2CC2)nc1N(C)C1CCN(C)CC1. The molecule has 1 aliphatic heterocycles. The summed E-state index contributed by atoms with van der Waals surface area (Å²) in [7, 11) is 4.34. The van der Waals surface area contributed by atoms with Crippen LogP contribution in [0.4, 0.5) is 11.6 Å². The van der Waals surface area contributed by atoms with Crippen molar-refractivity contribution in [1.29, 1.82) is 0 Å². The zero-order chi connectivity index (χ0) is 15.0. The number of nitrogens with one attached hydrogen (secondary N) is 1. The van der Waals surface area contributed by atoms with E-state index in [-0.39, 0.29) is 0 Å². The third-order valence-corrected chi connectivity index (χ3v) is 4.79. The molecular formula is C15H26N6. The average Bonchev–Trinajstić information content (AvgIpc) is 3.32. The van der Waals surface area contributed by atoms with Gasteiger partial charge in [-0.05, 0) is 52.7 Å². The first kappa shape index (κ1) is 14.5. The number of nitrogens with zero attached hydrogens (tertiary/aromatic N) is 4. The van der Waals surface area contributed by atoms with Gasteiger partial charge in [-0.1, -0.05) is 0 Å². The third kappa shape index (κ3) is 2.96. The maximum atomic E-state index is 5.64. The number of hydrogen-bond donors (Lipinski definition) is 2. The summed E-state index contributed by atoms with van der Waals surface area (Å²) in [6.07, 6.45) is 4.76. The Kier molecular flexibility index (Phi) is 3.99. The molecule has 2 fully saturated rings. The minimum Gasteiger partial charge on any atom is -0.356 e. The second-order valence-corrected chi connectivity index (χ2v) is 6.44. The van der Waals surface area contributed by atoms with E-state index in [1.165, 1.54) is 25.7 Å². The zero-order valence-electron chi connectivity index (χ0n) is 13.3. The first-order valence-electron chi connectivity index (χ1n) is 7.86. The lowest BCUT2D eigenvalue weighted by molar-refractivity contribution is 0.252. The smallest absolute Gasteiger partial charge is 0.148 e. The van der Waals surface area contributed by atoms with Gasteiger partial charge < -0.3 is 15.2 Å². The van der Waals surface area contributed by atoms with Crippen LogP contribution in [0.1, 0.15) is 43.0 Å². The van der Waals surface area contributed by atoms with E-state index in [2.05, 4.69) is 34.3 Å². The average molecular weight is 290 g/mol. The maximum Gasteiger partial charge on any atom is 0.148 e. The highest BCUT2D eigenvalue weighted by molar-refractivity contribution is 5.58. The van der Waals surface area contributed by atoms with Gasteiger partial charge in [-0.3, -0.25) is 0 Å². The fraction of sp³-hybridized carbons (Fsp3) is 0.733. The molecule has 2 aliphatic rings. The van der Waals surface area contributed by atoms with Gasteiger partial charge in [-0.25, -0.2) is 15.8 Å². The molecule has 1 aromatic rings. The molecule has 0 spiro atoms. The van der Waals surface area contributed by atoms with Crippen molar-refractivity contribution in [2.24, 2.45) is 5.84 Å². The van der Waals surface area contributed by atoms with Crippen molar-refractivity contribution < 1.29 is 0 Å². The second kappa shape index (κ2) is 5.77. The fourth-order valence-corrected chi connectivity index (χ4v) is 3.08. The highest BCUT2D eigenvalue weighted by Crippen LogP contribution is 2.40. The Balaban J connectivity index is 1.87. The fourth-order valence-electron chi connectivity index (χ4n) is 3.08. The second-order valence-electron chi connectivity index (χ2n) is 6.44. The maximum absolute atomic E-state index is 5.64. The van der Waals surface area contributed by atoms with E-state index in [4.69, 9.17) is 10.8 Å². The Labute approximate surface area is 126 Å². The van der Waals surface area contributed by atoms with Crippen molar-refractivity contribution in [2.75, 3.05) is 37.5 Å². The van der Waals surface area contributed by atoms with E-state index in [1.54, 1.807) is 0 Å². The summed E-state index contributed by atoms with van der Waals surface area (Å²) in [6, 6.07) is 0.549. The molecule has 0 aromatic carbocycles. The predicted octanol–water partition coefficient (Wildman–Crippen LogP) is 1.48. The molecule has 1 aliphatic carbocycles. The first-order valence-corrected chi connectivity index (χ1v) is 7.86. The van der Waals surface area contributed by atoms with E-state index in [0.717, 1.165) is 36.1 Å². The van der Waals surface area contributed by atoms with Crippen LogP contribution in [0.5, 0.6) is 0 Å². The lowest BCUT2D eigenvalue weighted by Gasteiger charge is -2.36. The van der Waals surface area contributed by atoms with E-state index < -0.39 is 0 Å². The van der Waals surface area contributed by atoms with Crippen LogP contribution in [0.15, 0.2) is 0 Å². The molecule has 0 unspecified atom stereocenters. The van der Waals surface area contributed by atoms with Crippen LogP contribution < -0.4 is 16.2 Å². The lowest BCUT2D eigenvalue weighted by atomic mass is 10.0. The number of hydrazine groups is 1. The Morgan fingerprint density at radius 2 is 1.86 bits per heavy atom. The van der Waals surface area contributed by atoms with Crippen LogP contribution in [0.25, 0.3) is 0 Å². The molecule has 1 saturated carbocycles. The monoisotopic (exact) mass is 290 g/mol. The number of nitrogens with two attached hydrogens (primary N) is 1. The summed E-state index contributed by atoms with van der Waals surface area (Å²) in [5.74, 6) is 8.92. The van der Waals surface area contributed by atoms with Crippen LogP contribution in [-0.4, -0.2) is 48.1 Å². The van der Waals surface area contributed by atoms with E-state index >= 15 is 0 Å². The summed E-state index contributed by atoms with van der Waals surface area (Å²) in [4.78, 5) is 14.1. The third-order valence-electron chi connectivity index (χ3n) is 4.79. The van der Waals surface area contributed by atoms with Gasteiger partial charge >= 0.3 is 0 Å². The number of rotatable bonds is 4. The highest BCUT2D eigenvalue weighted by atomic mass is 15.3. The minimum atomic E-state index is 0.530. The molecule has 2 heterocycles. The van der Waals surface area contributed by atoms with Crippen molar-refractivity contribution in [2.45, 2.75) is 44.6 Å². The largest absolute Gasteiger partial charge is 0.356 e. The van der Waals surface area contributed by atoms with Crippen LogP contribution in [0.2, 0.25) is 0 Å². The molecule has 1 aromatic heterocycles. The van der Waals surface area contributed by atoms with Crippen LogP contribution >= 0.6 is 0 Å². The van der Waals surface area contributed by atoms with Crippen molar-refractivity contribution >= 4 is 11.6 Å². The molecule has 3 N–H and O–H groups in total. The van der Waals surface area contributed by atoms with Crippen molar-refractivity contribution in [3.8, 4) is 0 Å². The number of hydrogen-bond acceptors (Lipinski definition) is 6. The van der Waals surface area contributed by atoms with Crippen LogP contribution in [0.3, 0.4) is 0 Å². The molecule has 0 atom stereocenters. The minimum absolute atomic E-state index is 0.530. The molecule has 6 heteroatoms. The molecule has 116 valence electrons. The number of anilines is 2. The summed E-state index contributed by atoms with van der Waals surface area (Å²) in [5, 5.41) is 0. The van der Waals surface area contributed by atoms with Gasteiger partial charge in [-0.2, -0.15) is 0 Å². The molecule has 0 radical (unpaired) electrons. The van der Waals surface area contributed by atoms with Gasteiger partial charge in [0, 0.05) is 24.6 Å². The molecular weight excluding hydrogens is 264 g/mol. The zero-order valence-corrected chi connectivity index (χ0v) is 13.3. The van der Waals surface area contributed by atoms with Gasteiger partial charge in [0.2, 0.25) is 0 Å². The van der Waals surface area contributed by atoms with Crippen LogP contribution in [0, 0.1) is 6.92 Å². The summed E-state index contributed by atoms with van der Waals surface area (Å²) < 4.78 is 0. The molecule has 21 heavy (non-hydrogen) atoms. The molecule has 6 nitrogen and oxygen atoms in total. The highest BCUT2D eigenvalue weighted by Gasteiger charge is 2.30. The Morgan fingerprint density at radius 3 is 2.43 bits per heavy atom. The molecule has 0 amide bonds. The summed E-state index contributed by atoms with van der Waals surface area (Å²) in [5.41, 5.74) is 3.78. The summed E-state index contributed by atoms with van der Waals surface area (Å²) >= 11 is 0. The molecule has 3 rings (SSSR count). The van der Waals surface area contributed by atoms with Gasteiger partial charge in [0.1, 0.15) is 17.5 Å².